The summed E-state index contributed by atoms with van der Waals surface area (Å²) < 4.78 is 10.6. The summed E-state index contributed by atoms with van der Waals surface area (Å²) in [5.41, 5.74) is 0. The first-order valence-corrected chi connectivity index (χ1v) is 20.5. The van der Waals surface area contributed by atoms with Crippen LogP contribution >= 0.6 is 0 Å². The molecule has 1 atom stereocenters. The van der Waals surface area contributed by atoms with Gasteiger partial charge in [-0.3, -0.25) is 9.59 Å². The monoisotopic (exact) mass is 675 g/mol. The van der Waals surface area contributed by atoms with E-state index in [1.54, 1.807) is 0 Å². The predicted molar refractivity (Wildman–Crippen MR) is 205 cm³/mol. The van der Waals surface area contributed by atoms with Crippen LogP contribution in [0.1, 0.15) is 206 Å². The van der Waals surface area contributed by atoms with Gasteiger partial charge in [-0.2, -0.15) is 0 Å². The lowest BCUT2D eigenvalue weighted by atomic mass is 10.0. The first-order chi connectivity index (χ1) is 23.6. The maximum Gasteiger partial charge on any atom is 0.306 e. The van der Waals surface area contributed by atoms with Crippen molar-refractivity contribution in [2.24, 2.45) is 0 Å². The Bertz CT molecular complexity index is 771. The van der Waals surface area contributed by atoms with Gasteiger partial charge < -0.3 is 14.6 Å². The summed E-state index contributed by atoms with van der Waals surface area (Å²) in [4.78, 5) is 24.2. The molecule has 0 aliphatic rings. The fourth-order valence-corrected chi connectivity index (χ4v) is 5.80. The van der Waals surface area contributed by atoms with E-state index in [0.717, 1.165) is 51.4 Å². The summed E-state index contributed by atoms with van der Waals surface area (Å²) in [5.74, 6) is -0.629. The number of unbranched alkanes of at least 4 members (excludes halogenated alkanes) is 23. The minimum Gasteiger partial charge on any atom is -0.462 e. The fraction of sp³-hybridized carbons (Fsp3) is 0.814. The Labute approximate surface area is 297 Å². The van der Waals surface area contributed by atoms with Gasteiger partial charge in [-0.05, 0) is 51.4 Å². The third-order valence-corrected chi connectivity index (χ3v) is 8.94. The number of carbonyl (C=O) groups is 2. The van der Waals surface area contributed by atoms with Gasteiger partial charge in [-0.1, -0.05) is 179 Å². The summed E-state index contributed by atoms with van der Waals surface area (Å²) in [5, 5.41) is 9.55. The van der Waals surface area contributed by atoms with Gasteiger partial charge in [0.05, 0.1) is 6.61 Å². The van der Waals surface area contributed by atoms with E-state index in [1.165, 1.54) is 128 Å². The molecule has 48 heavy (non-hydrogen) atoms. The first-order valence-electron chi connectivity index (χ1n) is 20.5. The highest BCUT2D eigenvalue weighted by Crippen LogP contribution is 2.15. The van der Waals surface area contributed by atoms with E-state index in [0.29, 0.717) is 12.8 Å². The maximum atomic E-state index is 12.2. The van der Waals surface area contributed by atoms with E-state index in [-0.39, 0.29) is 25.2 Å². The number of hydrogen-bond acceptors (Lipinski definition) is 5. The highest BCUT2D eigenvalue weighted by Gasteiger charge is 2.16. The van der Waals surface area contributed by atoms with E-state index >= 15 is 0 Å². The molecule has 0 aromatic carbocycles. The number of rotatable bonds is 37. The number of carbonyl (C=O) groups excluding carboxylic acids is 2. The summed E-state index contributed by atoms with van der Waals surface area (Å²) in [6.45, 7) is 4.09. The number of aliphatic hydroxyl groups is 1. The zero-order valence-electron chi connectivity index (χ0n) is 31.7. The average Bonchev–Trinajstić information content (AvgIpc) is 3.09. The number of aliphatic hydroxyl groups excluding tert-OH is 1. The molecule has 0 bridgehead atoms. The molecule has 0 fully saturated rings. The molecule has 0 heterocycles. The smallest absolute Gasteiger partial charge is 0.306 e. The maximum absolute atomic E-state index is 12.2. The second-order valence-electron chi connectivity index (χ2n) is 13.7. The number of esters is 2. The lowest BCUT2D eigenvalue weighted by Gasteiger charge is -2.15. The van der Waals surface area contributed by atoms with Crippen LogP contribution in [0.2, 0.25) is 0 Å². The molecule has 0 saturated carbocycles. The molecule has 0 aromatic heterocycles. The van der Waals surface area contributed by atoms with Crippen molar-refractivity contribution in [3.8, 4) is 0 Å². The Morgan fingerprint density at radius 1 is 0.479 bits per heavy atom. The molecule has 0 unspecified atom stereocenters. The van der Waals surface area contributed by atoms with E-state index in [4.69, 9.17) is 9.47 Å². The molecule has 0 aliphatic carbocycles. The van der Waals surface area contributed by atoms with Crippen LogP contribution in [0.3, 0.4) is 0 Å². The molecule has 0 radical (unpaired) electrons. The molecule has 0 rings (SSSR count). The Morgan fingerprint density at radius 3 is 1.29 bits per heavy atom. The van der Waals surface area contributed by atoms with Gasteiger partial charge in [0.25, 0.3) is 0 Å². The molecule has 0 aliphatic heterocycles. The molecule has 280 valence electrons. The second kappa shape index (κ2) is 39.6. The highest BCUT2D eigenvalue weighted by molar-refractivity contribution is 5.70. The predicted octanol–water partition coefficient (Wildman–Crippen LogP) is 12.8. The van der Waals surface area contributed by atoms with Crippen LogP contribution in [-0.4, -0.2) is 36.4 Å². The molecule has 0 spiro atoms. The minimum atomic E-state index is -0.783. The van der Waals surface area contributed by atoms with Gasteiger partial charge in [0, 0.05) is 12.8 Å². The van der Waals surface area contributed by atoms with Crippen LogP contribution in [-0.2, 0) is 19.1 Å². The lowest BCUT2D eigenvalue weighted by molar-refractivity contribution is -0.161. The van der Waals surface area contributed by atoms with Gasteiger partial charge in [-0.25, -0.2) is 0 Å². The summed E-state index contributed by atoms with van der Waals surface area (Å²) in [6, 6.07) is 0. The molecular weight excluding hydrogens is 596 g/mol. The van der Waals surface area contributed by atoms with Crippen molar-refractivity contribution >= 4 is 11.9 Å². The third kappa shape index (κ3) is 36.9. The zero-order chi connectivity index (χ0) is 35.0. The van der Waals surface area contributed by atoms with Crippen molar-refractivity contribution in [1.82, 2.24) is 0 Å². The Balaban J connectivity index is 3.57. The molecule has 0 aromatic rings. The van der Waals surface area contributed by atoms with Crippen LogP contribution in [0, 0.1) is 0 Å². The lowest BCUT2D eigenvalue weighted by Crippen LogP contribution is -2.28. The summed E-state index contributed by atoms with van der Waals surface area (Å²) >= 11 is 0. The topological polar surface area (TPSA) is 72.8 Å². The zero-order valence-corrected chi connectivity index (χ0v) is 31.7. The van der Waals surface area contributed by atoms with Crippen molar-refractivity contribution < 1.29 is 24.2 Å². The quantitative estimate of drug-likeness (QED) is 0.0403. The molecule has 1 N–H and O–H groups in total. The summed E-state index contributed by atoms with van der Waals surface area (Å²) in [7, 11) is 0. The van der Waals surface area contributed by atoms with Crippen LogP contribution < -0.4 is 0 Å². The van der Waals surface area contributed by atoms with Crippen molar-refractivity contribution in [3.63, 3.8) is 0 Å². The largest absolute Gasteiger partial charge is 0.462 e. The normalized spacial score (nSPS) is 12.5. The van der Waals surface area contributed by atoms with Crippen LogP contribution in [0.25, 0.3) is 0 Å². The van der Waals surface area contributed by atoms with Crippen LogP contribution in [0.5, 0.6) is 0 Å². The van der Waals surface area contributed by atoms with E-state index in [9.17, 15) is 14.7 Å². The van der Waals surface area contributed by atoms with E-state index in [1.807, 2.05) is 0 Å². The van der Waals surface area contributed by atoms with E-state index < -0.39 is 6.10 Å². The number of ether oxygens (including phenoxy) is 2. The number of allylic oxidation sites excluding steroid dienone is 6. The summed E-state index contributed by atoms with van der Waals surface area (Å²) in [6.07, 6.45) is 47.8. The SMILES string of the molecule is CCCCC/C=C\C/C=C\C/C=C\CCCCC(=O)OC[C@H](CO)OC(=O)CCCCCCCCCCCCCCCCCCCCC. The van der Waals surface area contributed by atoms with Crippen molar-refractivity contribution in [2.75, 3.05) is 13.2 Å². The van der Waals surface area contributed by atoms with Gasteiger partial charge >= 0.3 is 11.9 Å². The molecular formula is C43H78O5. The average molecular weight is 675 g/mol. The van der Waals surface area contributed by atoms with Crippen LogP contribution in [0.4, 0.5) is 0 Å². The fourth-order valence-electron chi connectivity index (χ4n) is 5.80. The van der Waals surface area contributed by atoms with Gasteiger partial charge in [0.2, 0.25) is 0 Å². The first kappa shape index (κ1) is 46.1. The van der Waals surface area contributed by atoms with Crippen LogP contribution in [0.15, 0.2) is 36.5 Å². The third-order valence-electron chi connectivity index (χ3n) is 8.94. The van der Waals surface area contributed by atoms with E-state index in [2.05, 4.69) is 50.3 Å². The molecule has 5 nitrogen and oxygen atoms in total. The van der Waals surface area contributed by atoms with Gasteiger partial charge in [0.1, 0.15) is 6.61 Å². The molecule has 5 heteroatoms. The highest BCUT2D eigenvalue weighted by atomic mass is 16.6. The van der Waals surface area contributed by atoms with Crippen molar-refractivity contribution in [2.45, 2.75) is 213 Å². The Kier molecular flexibility index (Phi) is 38.0. The second-order valence-corrected chi connectivity index (χ2v) is 13.7. The molecule has 0 amide bonds. The van der Waals surface area contributed by atoms with Gasteiger partial charge in [0.15, 0.2) is 6.10 Å². The van der Waals surface area contributed by atoms with Crippen molar-refractivity contribution in [3.05, 3.63) is 36.5 Å². The number of hydrogen-bond donors (Lipinski definition) is 1. The molecule has 0 saturated heterocycles. The van der Waals surface area contributed by atoms with Crippen molar-refractivity contribution in [1.29, 1.82) is 0 Å². The van der Waals surface area contributed by atoms with Gasteiger partial charge in [-0.15, -0.1) is 0 Å². The standard InChI is InChI=1S/C43H78O5/c1-3-5-7-9-11-13-15-17-19-20-21-22-24-26-28-30-32-34-36-38-43(46)48-41(39-44)40-47-42(45)37-35-33-31-29-27-25-23-18-16-14-12-10-8-6-4-2/h12,14,18,23,27,29,41,44H,3-11,13,15-17,19-22,24-26,28,30-40H2,1-2H3/b14-12-,23-18-,29-27-/t41-/m0/s1. The Morgan fingerprint density at radius 2 is 0.833 bits per heavy atom. The Hall–Kier alpha value is -1.88. The minimum absolute atomic E-state index is 0.0829.